The molecular formula is C21H24F3NO5S. The van der Waals surface area contributed by atoms with E-state index in [2.05, 4.69) is 0 Å². The summed E-state index contributed by atoms with van der Waals surface area (Å²) in [5.41, 5.74) is -2.86. The molecule has 0 radical (unpaired) electrons. The summed E-state index contributed by atoms with van der Waals surface area (Å²) in [5, 5.41) is 10.3. The summed E-state index contributed by atoms with van der Waals surface area (Å²) in [6.07, 6.45) is 1.35. The van der Waals surface area contributed by atoms with Gasteiger partial charge in [-0.05, 0) is 81.5 Å². The van der Waals surface area contributed by atoms with Crippen LogP contribution in [0.25, 0.3) is 0 Å². The molecule has 1 heterocycles. The zero-order chi connectivity index (χ0) is 23.2. The Morgan fingerprint density at radius 3 is 2.32 bits per heavy atom. The largest absolute Gasteiger partial charge is 0.516 e. The predicted molar refractivity (Wildman–Crippen MR) is 110 cm³/mol. The maximum Gasteiger partial charge on any atom is 0.516 e. The van der Waals surface area contributed by atoms with Gasteiger partial charge in [0.05, 0.1) is 0 Å². The van der Waals surface area contributed by atoms with E-state index >= 15 is 0 Å². The summed E-state index contributed by atoms with van der Waals surface area (Å²) in [6, 6.07) is 5.15. The van der Waals surface area contributed by atoms with Crippen molar-refractivity contribution in [1.82, 2.24) is 0 Å². The lowest BCUT2D eigenvalue weighted by molar-refractivity contribution is -0.0429. The van der Waals surface area contributed by atoms with Crippen LogP contribution < -0.4 is 14.2 Å². The summed E-state index contributed by atoms with van der Waals surface area (Å²) < 4.78 is 73.3. The van der Waals surface area contributed by atoms with Crippen LogP contribution >= 0.6 is 0 Å². The van der Waals surface area contributed by atoms with Gasteiger partial charge in [-0.3, -0.25) is 4.72 Å². The first-order chi connectivity index (χ1) is 14.2. The second-order valence-corrected chi connectivity index (χ2v) is 9.62. The summed E-state index contributed by atoms with van der Waals surface area (Å²) in [6.45, 7) is 7.66. The normalized spacial score (nSPS) is 18.8. The second-order valence-electron chi connectivity index (χ2n) is 7.95. The van der Waals surface area contributed by atoms with E-state index in [1.54, 1.807) is 0 Å². The molecule has 2 aromatic carbocycles. The molecular weight excluding hydrogens is 435 g/mol. The van der Waals surface area contributed by atoms with E-state index in [1.807, 2.05) is 27.7 Å². The van der Waals surface area contributed by atoms with E-state index in [-0.39, 0.29) is 18.0 Å². The molecule has 0 fully saturated rings. The molecule has 0 aliphatic carbocycles. The van der Waals surface area contributed by atoms with Crippen molar-refractivity contribution >= 4 is 15.7 Å². The van der Waals surface area contributed by atoms with Crippen molar-refractivity contribution < 1.29 is 36.2 Å². The minimum Gasteiger partial charge on any atom is -0.507 e. The first kappa shape index (κ1) is 23.1. The van der Waals surface area contributed by atoms with Gasteiger partial charge in [0.2, 0.25) is 0 Å². The molecule has 0 amide bonds. The topological polar surface area (TPSA) is 84.9 Å². The lowest BCUT2D eigenvalue weighted by Crippen LogP contribution is -2.42. The fourth-order valence-corrected chi connectivity index (χ4v) is 4.03. The molecule has 0 spiro atoms. The summed E-state index contributed by atoms with van der Waals surface area (Å²) >= 11 is 0. The zero-order valence-corrected chi connectivity index (χ0v) is 18.4. The molecule has 0 saturated heterocycles. The summed E-state index contributed by atoms with van der Waals surface area (Å²) in [4.78, 5) is 0. The number of halogens is 3. The van der Waals surface area contributed by atoms with Gasteiger partial charge >= 0.3 is 15.5 Å². The van der Waals surface area contributed by atoms with Gasteiger partial charge in [-0.15, -0.1) is 0 Å². The number of sulfonamides is 1. The Hall–Kier alpha value is -2.62. The standard InChI is InChI=1S/C21H24F3NO5S/c1-12-13(2)19-17(14(3)18(12)26)9-10-20(4,30-19)11-29-16-7-5-15(6-8-16)25-31(27,28)21(22,23)24/h5-8,25-26H,9-11H2,1-4H3. The first-order valence-electron chi connectivity index (χ1n) is 9.57. The van der Waals surface area contributed by atoms with Gasteiger partial charge in [-0.1, -0.05) is 0 Å². The summed E-state index contributed by atoms with van der Waals surface area (Å²) in [5.74, 6) is 1.38. The molecule has 0 bridgehead atoms. The molecule has 170 valence electrons. The third-order valence-corrected chi connectivity index (χ3v) is 6.66. The number of aromatic hydroxyl groups is 1. The van der Waals surface area contributed by atoms with Gasteiger partial charge in [-0.25, -0.2) is 0 Å². The van der Waals surface area contributed by atoms with E-state index < -0.39 is 21.1 Å². The first-order valence-corrected chi connectivity index (χ1v) is 11.0. The summed E-state index contributed by atoms with van der Waals surface area (Å²) in [7, 11) is -5.47. The highest BCUT2D eigenvalue weighted by molar-refractivity contribution is 7.93. The Labute approximate surface area is 179 Å². The molecule has 10 heteroatoms. The number of rotatable bonds is 5. The van der Waals surface area contributed by atoms with Crippen molar-refractivity contribution in [3.63, 3.8) is 0 Å². The van der Waals surface area contributed by atoms with Crippen LogP contribution in [0.15, 0.2) is 24.3 Å². The van der Waals surface area contributed by atoms with Crippen molar-refractivity contribution in [3.8, 4) is 17.2 Å². The van der Waals surface area contributed by atoms with E-state index in [0.29, 0.717) is 18.6 Å². The van der Waals surface area contributed by atoms with Gasteiger partial charge in [0.15, 0.2) is 0 Å². The Balaban J connectivity index is 1.70. The number of ether oxygens (including phenoxy) is 2. The third-order valence-electron chi connectivity index (χ3n) is 5.55. The van der Waals surface area contributed by atoms with E-state index in [0.717, 1.165) is 28.0 Å². The molecule has 6 nitrogen and oxygen atoms in total. The monoisotopic (exact) mass is 459 g/mol. The lowest BCUT2D eigenvalue weighted by atomic mass is 9.87. The minimum atomic E-state index is -5.47. The highest BCUT2D eigenvalue weighted by Gasteiger charge is 2.46. The van der Waals surface area contributed by atoms with Crippen LogP contribution in [0.4, 0.5) is 18.9 Å². The van der Waals surface area contributed by atoms with E-state index in [1.165, 1.54) is 29.0 Å². The number of anilines is 1. The number of fused-ring (bicyclic) bond motifs is 1. The van der Waals surface area contributed by atoms with Crippen LogP contribution in [0.3, 0.4) is 0 Å². The van der Waals surface area contributed by atoms with Crippen LogP contribution in [0, 0.1) is 20.8 Å². The fourth-order valence-electron chi connectivity index (χ4n) is 3.46. The van der Waals surface area contributed by atoms with Gasteiger partial charge in [-0.2, -0.15) is 21.6 Å². The number of hydrogen-bond acceptors (Lipinski definition) is 5. The third kappa shape index (κ3) is 4.53. The average Bonchev–Trinajstić information content (AvgIpc) is 2.69. The maximum atomic E-state index is 12.5. The predicted octanol–water partition coefficient (Wildman–Crippen LogP) is 4.74. The number of phenolic OH excluding ortho intramolecular Hbond substituents is 1. The van der Waals surface area contributed by atoms with Crippen molar-refractivity contribution in [1.29, 1.82) is 0 Å². The number of nitrogens with one attached hydrogen (secondary N) is 1. The molecule has 0 saturated carbocycles. The minimum absolute atomic E-state index is 0.179. The average molecular weight is 459 g/mol. The number of benzene rings is 2. The Morgan fingerprint density at radius 1 is 1.13 bits per heavy atom. The molecule has 3 rings (SSSR count). The Morgan fingerprint density at radius 2 is 1.74 bits per heavy atom. The van der Waals surface area contributed by atoms with E-state index in [9.17, 15) is 26.7 Å². The highest BCUT2D eigenvalue weighted by atomic mass is 32.2. The van der Waals surface area contributed by atoms with Gasteiger partial charge < -0.3 is 14.6 Å². The van der Waals surface area contributed by atoms with E-state index in [4.69, 9.17) is 9.47 Å². The molecule has 0 aromatic heterocycles. The van der Waals surface area contributed by atoms with Crippen molar-refractivity contribution in [2.45, 2.75) is 51.6 Å². The lowest BCUT2D eigenvalue weighted by Gasteiger charge is -2.37. The van der Waals surface area contributed by atoms with Crippen LogP contribution in [0.5, 0.6) is 17.2 Å². The van der Waals surface area contributed by atoms with Crippen LogP contribution in [0.2, 0.25) is 0 Å². The highest BCUT2D eigenvalue weighted by Crippen LogP contribution is 2.43. The molecule has 1 atom stereocenters. The Kier molecular flexibility index (Phi) is 5.81. The van der Waals surface area contributed by atoms with Crippen molar-refractivity contribution in [2.75, 3.05) is 11.3 Å². The molecule has 1 aliphatic rings. The molecule has 1 unspecified atom stereocenters. The van der Waals surface area contributed by atoms with Crippen LogP contribution in [-0.4, -0.2) is 31.2 Å². The van der Waals surface area contributed by atoms with Crippen LogP contribution in [0.1, 0.15) is 35.6 Å². The fraction of sp³-hybridized carbons (Fsp3) is 0.429. The van der Waals surface area contributed by atoms with Crippen molar-refractivity contribution in [3.05, 3.63) is 46.5 Å². The number of hydrogen-bond donors (Lipinski definition) is 2. The molecule has 31 heavy (non-hydrogen) atoms. The number of alkyl halides is 3. The molecule has 1 aliphatic heterocycles. The Bertz CT molecular complexity index is 1100. The number of phenols is 1. The second kappa shape index (κ2) is 7.81. The molecule has 2 aromatic rings. The van der Waals surface area contributed by atoms with Crippen LogP contribution in [-0.2, 0) is 16.4 Å². The van der Waals surface area contributed by atoms with Gasteiger partial charge in [0.1, 0.15) is 29.5 Å². The smallest absolute Gasteiger partial charge is 0.507 e. The van der Waals surface area contributed by atoms with Gasteiger partial charge in [0, 0.05) is 11.3 Å². The zero-order valence-electron chi connectivity index (χ0n) is 17.6. The SMILES string of the molecule is Cc1c(C)c2c(c(C)c1O)CCC(C)(COc1ccc(NS(=O)(=O)C(F)(F)F)cc1)O2. The molecule has 2 N–H and O–H groups in total. The van der Waals surface area contributed by atoms with Crippen molar-refractivity contribution in [2.24, 2.45) is 0 Å². The quantitative estimate of drug-likeness (QED) is 0.675. The maximum absolute atomic E-state index is 12.5. The van der Waals surface area contributed by atoms with Gasteiger partial charge in [0.25, 0.3) is 0 Å².